The van der Waals surface area contributed by atoms with Gasteiger partial charge in [0.05, 0.1) is 6.10 Å². The molecule has 2 saturated heterocycles. The summed E-state index contributed by atoms with van der Waals surface area (Å²) in [5.41, 5.74) is 1.65. The number of nitrogens with zero attached hydrogens (tertiary/aromatic N) is 1. The molecule has 5 nitrogen and oxygen atoms in total. The summed E-state index contributed by atoms with van der Waals surface area (Å²) in [6.45, 7) is 2.87. The first-order valence-electron chi connectivity index (χ1n) is 9.48. The normalized spacial score (nSPS) is 24.1. The number of amides is 1. The van der Waals surface area contributed by atoms with Gasteiger partial charge in [-0.15, -0.1) is 0 Å². The molecular weight excluding hydrogens is 422 g/mol. The number of rotatable bonds is 6. The van der Waals surface area contributed by atoms with E-state index >= 15 is 0 Å². The zero-order valence-electron chi connectivity index (χ0n) is 15.6. The highest BCUT2D eigenvalue weighted by molar-refractivity contribution is 9.10. The number of Topliss-reactive ketones (excluding diaryl/α,β-unsaturated/α-hetero) is 1. The van der Waals surface area contributed by atoms with Gasteiger partial charge in [0, 0.05) is 23.2 Å². The van der Waals surface area contributed by atoms with Gasteiger partial charge in [-0.2, -0.15) is 0 Å². The SMILES string of the molecule is CC(=O)c1ccc(O[C@@H]2C(=O)N(C[C@H]3CCCO3)[C@H]2c2cccc(Br)c2)cc1. The molecule has 2 fully saturated rings. The molecule has 0 radical (unpaired) electrons. The second-order valence-electron chi connectivity index (χ2n) is 7.24. The highest BCUT2D eigenvalue weighted by Gasteiger charge is 2.51. The van der Waals surface area contributed by atoms with Crippen LogP contribution in [0.2, 0.25) is 0 Å². The standard InChI is InChI=1S/C22H22BrNO4/c1-14(25)15-7-9-18(10-8-15)28-21-20(16-4-2-5-17(23)12-16)24(22(21)26)13-19-6-3-11-27-19/h2,4-5,7-10,12,19-21H,3,6,11,13H2,1H3/t19-,20+,21+/m1/s1. The molecule has 6 heteroatoms. The molecule has 0 aromatic heterocycles. The van der Waals surface area contributed by atoms with Crippen LogP contribution in [0.15, 0.2) is 53.0 Å². The Labute approximate surface area is 172 Å². The summed E-state index contributed by atoms with van der Waals surface area (Å²) in [7, 11) is 0. The molecule has 2 heterocycles. The Morgan fingerprint density at radius 2 is 2.04 bits per heavy atom. The lowest BCUT2D eigenvalue weighted by Crippen LogP contribution is -2.62. The molecule has 3 atom stereocenters. The number of carbonyl (C=O) groups is 2. The summed E-state index contributed by atoms with van der Waals surface area (Å²) in [5.74, 6) is 0.553. The van der Waals surface area contributed by atoms with Crippen LogP contribution in [0.4, 0.5) is 0 Å². The number of ketones is 1. The molecule has 2 aromatic rings. The highest BCUT2D eigenvalue weighted by Crippen LogP contribution is 2.39. The Morgan fingerprint density at radius 1 is 1.25 bits per heavy atom. The maximum atomic E-state index is 12.9. The Hall–Kier alpha value is -2.18. The van der Waals surface area contributed by atoms with Crippen LogP contribution < -0.4 is 4.74 Å². The Balaban J connectivity index is 1.55. The zero-order valence-corrected chi connectivity index (χ0v) is 17.2. The lowest BCUT2D eigenvalue weighted by Gasteiger charge is -2.47. The van der Waals surface area contributed by atoms with Gasteiger partial charge in [-0.3, -0.25) is 9.59 Å². The number of hydrogen-bond donors (Lipinski definition) is 0. The Bertz CT molecular complexity index is 876. The zero-order chi connectivity index (χ0) is 19.7. The van der Waals surface area contributed by atoms with Gasteiger partial charge < -0.3 is 14.4 Å². The van der Waals surface area contributed by atoms with Gasteiger partial charge in [0.25, 0.3) is 5.91 Å². The second kappa shape index (κ2) is 8.05. The van der Waals surface area contributed by atoms with Crippen molar-refractivity contribution in [2.75, 3.05) is 13.2 Å². The molecule has 0 N–H and O–H groups in total. The monoisotopic (exact) mass is 443 g/mol. The molecule has 0 spiro atoms. The van der Waals surface area contributed by atoms with Crippen LogP contribution in [0.3, 0.4) is 0 Å². The number of hydrogen-bond acceptors (Lipinski definition) is 4. The average Bonchev–Trinajstić information content (AvgIpc) is 3.20. The van der Waals surface area contributed by atoms with E-state index < -0.39 is 6.10 Å². The molecule has 1 amide bonds. The highest BCUT2D eigenvalue weighted by atomic mass is 79.9. The van der Waals surface area contributed by atoms with Crippen molar-refractivity contribution in [1.82, 2.24) is 4.90 Å². The fourth-order valence-electron chi connectivity index (χ4n) is 3.80. The van der Waals surface area contributed by atoms with E-state index in [0.29, 0.717) is 17.9 Å². The van der Waals surface area contributed by atoms with Crippen LogP contribution in [-0.2, 0) is 9.53 Å². The lowest BCUT2D eigenvalue weighted by atomic mass is 9.90. The second-order valence-corrected chi connectivity index (χ2v) is 8.16. The first kappa shape index (κ1) is 19.2. The van der Waals surface area contributed by atoms with Crippen molar-refractivity contribution in [2.24, 2.45) is 0 Å². The van der Waals surface area contributed by atoms with Crippen LogP contribution in [0, 0.1) is 0 Å². The summed E-state index contributed by atoms with van der Waals surface area (Å²) >= 11 is 3.51. The third-order valence-electron chi connectivity index (χ3n) is 5.29. The smallest absolute Gasteiger partial charge is 0.266 e. The third-order valence-corrected chi connectivity index (χ3v) is 5.78. The molecule has 0 unspecified atom stereocenters. The maximum absolute atomic E-state index is 12.9. The summed E-state index contributed by atoms with van der Waals surface area (Å²) < 4.78 is 12.7. The first-order chi connectivity index (χ1) is 13.5. The van der Waals surface area contributed by atoms with Gasteiger partial charge in [0.15, 0.2) is 5.78 Å². The number of halogens is 1. The van der Waals surface area contributed by atoms with Crippen molar-refractivity contribution < 1.29 is 19.1 Å². The topological polar surface area (TPSA) is 55.8 Å². The van der Waals surface area contributed by atoms with Crippen molar-refractivity contribution in [2.45, 2.75) is 38.0 Å². The van der Waals surface area contributed by atoms with E-state index in [4.69, 9.17) is 9.47 Å². The van der Waals surface area contributed by atoms with E-state index in [2.05, 4.69) is 15.9 Å². The Morgan fingerprint density at radius 3 is 2.68 bits per heavy atom. The molecule has 0 aliphatic carbocycles. The van der Waals surface area contributed by atoms with Crippen molar-refractivity contribution in [1.29, 1.82) is 0 Å². The minimum atomic E-state index is -0.584. The van der Waals surface area contributed by atoms with Gasteiger partial charge in [0.1, 0.15) is 11.8 Å². The van der Waals surface area contributed by atoms with Gasteiger partial charge in [-0.05, 0) is 61.7 Å². The first-order valence-corrected chi connectivity index (χ1v) is 10.3. The van der Waals surface area contributed by atoms with Gasteiger partial charge in [0.2, 0.25) is 6.10 Å². The molecule has 28 heavy (non-hydrogen) atoms. The lowest BCUT2D eigenvalue weighted by molar-refractivity contribution is -0.167. The van der Waals surface area contributed by atoms with Gasteiger partial charge in [-0.1, -0.05) is 28.1 Å². The molecule has 2 aromatic carbocycles. The molecule has 146 valence electrons. The fourth-order valence-corrected chi connectivity index (χ4v) is 4.22. The fraction of sp³-hybridized carbons (Fsp3) is 0.364. The minimum absolute atomic E-state index is 0.000946. The van der Waals surface area contributed by atoms with E-state index in [0.717, 1.165) is 29.5 Å². The predicted molar refractivity (Wildman–Crippen MR) is 108 cm³/mol. The van der Waals surface area contributed by atoms with E-state index in [9.17, 15) is 9.59 Å². The minimum Gasteiger partial charge on any atom is -0.478 e. The maximum Gasteiger partial charge on any atom is 0.266 e. The predicted octanol–water partition coefficient (Wildman–Crippen LogP) is 4.16. The van der Waals surface area contributed by atoms with E-state index in [1.807, 2.05) is 29.2 Å². The van der Waals surface area contributed by atoms with Crippen molar-refractivity contribution in [3.63, 3.8) is 0 Å². The van der Waals surface area contributed by atoms with Crippen molar-refractivity contribution in [3.05, 3.63) is 64.1 Å². The van der Waals surface area contributed by atoms with Crippen molar-refractivity contribution >= 4 is 27.6 Å². The molecular formula is C22H22BrNO4. The van der Waals surface area contributed by atoms with E-state index in [-0.39, 0.29) is 23.8 Å². The van der Waals surface area contributed by atoms with E-state index in [1.54, 1.807) is 24.3 Å². The van der Waals surface area contributed by atoms with Crippen LogP contribution in [-0.4, -0.2) is 41.9 Å². The number of ether oxygens (including phenoxy) is 2. The summed E-state index contributed by atoms with van der Waals surface area (Å²) in [5, 5.41) is 0. The largest absolute Gasteiger partial charge is 0.478 e. The summed E-state index contributed by atoms with van der Waals surface area (Å²) in [4.78, 5) is 26.2. The quantitative estimate of drug-likeness (QED) is 0.496. The Kier molecular flexibility index (Phi) is 5.51. The molecule has 0 bridgehead atoms. The molecule has 2 aliphatic rings. The van der Waals surface area contributed by atoms with Gasteiger partial charge >= 0.3 is 0 Å². The number of carbonyl (C=O) groups excluding carboxylic acids is 2. The van der Waals surface area contributed by atoms with Crippen molar-refractivity contribution in [3.8, 4) is 5.75 Å². The van der Waals surface area contributed by atoms with Crippen LogP contribution >= 0.6 is 15.9 Å². The van der Waals surface area contributed by atoms with Gasteiger partial charge in [-0.25, -0.2) is 0 Å². The van der Waals surface area contributed by atoms with Crippen LogP contribution in [0.1, 0.15) is 41.7 Å². The number of benzene rings is 2. The number of β-lactam (4-membered cyclic amide) rings is 1. The van der Waals surface area contributed by atoms with Crippen LogP contribution in [0.25, 0.3) is 0 Å². The average molecular weight is 444 g/mol. The van der Waals surface area contributed by atoms with Crippen LogP contribution in [0.5, 0.6) is 5.75 Å². The molecule has 4 rings (SSSR count). The third kappa shape index (κ3) is 3.84. The van der Waals surface area contributed by atoms with E-state index in [1.165, 1.54) is 6.92 Å². The number of likely N-dealkylation sites (tertiary alicyclic amines) is 1. The molecule has 2 aliphatic heterocycles. The molecule has 0 saturated carbocycles. The summed E-state index contributed by atoms with van der Waals surface area (Å²) in [6.07, 6.45) is 1.53. The summed E-state index contributed by atoms with van der Waals surface area (Å²) in [6, 6.07) is 14.7.